The number of primary amides is 1. The predicted molar refractivity (Wildman–Crippen MR) is 67.2 cm³/mol. The Kier molecular flexibility index (Phi) is 4.72. The van der Waals surface area contributed by atoms with Gasteiger partial charge >= 0.3 is 6.09 Å². The summed E-state index contributed by atoms with van der Waals surface area (Å²) in [5.41, 5.74) is 5.69. The molecular formula is C10H7ClINO2. The lowest BCUT2D eigenvalue weighted by molar-refractivity contribution is 0.211. The molecule has 0 fully saturated rings. The summed E-state index contributed by atoms with van der Waals surface area (Å²) in [6.07, 6.45) is -0.333. The molecule has 15 heavy (non-hydrogen) atoms. The van der Waals surface area contributed by atoms with E-state index in [0.29, 0.717) is 17.2 Å². The van der Waals surface area contributed by atoms with E-state index in [-0.39, 0.29) is 0 Å². The Balaban J connectivity index is 2.92. The molecule has 3 nitrogen and oxygen atoms in total. The van der Waals surface area contributed by atoms with Crippen LogP contribution in [0.25, 0.3) is 0 Å². The molecule has 0 atom stereocenters. The quantitative estimate of drug-likeness (QED) is 0.667. The molecule has 0 heterocycles. The SMILES string of the molecule is NC(=O)Oc1ccc(Cl)c(CC#CI)c1. The number of hydrogen-bond donors (Lipinski definition) is 1. The van der Waals surface area contributed by atoms with Crippen LogP contribution in [0.4, 0.5) is 4.79 Å². The van der Waals surface area contributed by atoms with Crippen LogP contribution in [-0.2, 0) is 6.42 Å². The van der Waals surface area contributed by atoms with Crippen molar-refractivity contribution in [1.82, 2.24) is 0 Å². The molecule has 5 heteroatoms. The van der Waals surface area contributed by atoms with Crippen molar-refractivity contribution in [2.45, 2.75) is 6.42 Å². The smallest absolute Gasteiger partial charge is 0.409 e. The van der Waals surface area contributed by atoms with Gasteiger partial charge in [-0.15, -0.1) is 0 Å². The van der Waals surface area contributed by atoms with Crippen molar-refractivity contribution in [3.63, 3.8) is 0 Å². The minimum absolute atomic E-state index is 0.372. The van der Waals surface area contributed by atoms with Crippen LogP contribution < -0.4 is 10.5 Å². The summed E-state index contributed by atoms with van der Waals surface area (Å²) in [6.45, 7) is 0. The zero-order valence-electron chi connectivity index (χ0n) is 7.59. The van der Waals surface area contributed by atoms with Crippen molar-refractivity contribution in [3.05, 3.63) is 28.8 Å². The predicted octanol–water partition coefficient (Wildman–Crippen LogP) is 2.74. The lowest BCUT2D eigenvalue weighted by atomic mass is 10.1. The lowest BCUT2D eigenvalue weighted by Gasteiger charge is -2.04. The summed E-state index contributed by atoms with van der Waals surface area (Å²) in [5, 5.41) is 0.589. The van der Waals surface area contributed by atoms with Crippen LogP contribution in [0.5, 0.6) is 5.75 Å². The fourth-order valence-corrected chi connectivity index (χ4v) is 1.37. The number of benzene rings is 1. The van der Waals surface area contributed by atoms with E-state index in [1.165, 1.54) is 0 Å². The summed E-state index contributed by atoms with van der Waals surface area (Å²) in [4.78, 5) is 10.5. The van der Waals surface area contributed by atoms with Gasteiger partial charge in [-0.05, 0) is 27.7 Å². The van der Waals surface area contributed by atoms with E-state index in [1.54, 1.807) is 18.2 Å². The molecule has 0 aliphatic heterocycles. The van der Waals surface area contributed by atoms with Gasteiger partial charge in [0.15, 0.2) is 0 Å². The maximum atomic E-state index is 10.5. The van der Waals surface area contributed by atoms with Gasteiger partial charge in [0.05, 0.1) is 0 Å². The topological polar surface area (TPSA) is 52.3 Å². The number of carbonyl (C=O) groups excluding carboxylic acids is 1. The summed E-state index contributed by atoms with van der Waals surface area (Å²) < 4.78 is 7.45. The van der Waals surface area contributed by atoms with Gasteiger partial charge in [-0.2, -0.15) is 0 Å². The monoisotopic (exact) mass is 335 g/mol. The molecule has 1 aromatic rings. The van der Waals surface area contributed by atoms with Gasteiger partial charge in [-0.25, -0.2) is 4.79 Å². The van der Waals surface area contributed by atoms with Gasteiger partial charge in [0, 0.05) is 34.0 Å². The van der Waals surface area contributed by atoms with E-state index in [4.69, 9.17) is 22.1 Å². The average molecular weight is 336 g/mol. The maximum Gasteiger partial charge on any atom is 0.409 e. The van der Waals surface area contributed by atoms with Gasteiger partial charge in [0.25, 0.3) is 0 Å². The largest absolute Gasteiger partial charge is 0.410 e. The fraction of sp³-hybridized carbons (Fsp3) is 0.100. The Morgan fingerprint density at radius 1 is 1.60 bits per heavy atom. The van der Waals surface area contributed by atoms with Crippen LogP contribution in [0.15, 0.2) is 18.2 Å². The maximum absolute atomic E-state index is 10.5. The van der Waals surface area contributed by atoms with Crippen LogP contribution in [0.1, 0.15) is 5.56 Å². The molecule has 1 amide bonds. The van der Waals surface area contributed by atoms with E-state index in [2.05, 4.69) is 9.85 Å². The molecule has 2 N–H and O–H groups in total. The van der Waals surface area contributed by atoms with Gasteiger partial charge < -0.3 is 10.5 Å². The number of carbonyl (C=O) groups is 1. The summed E-state index contributed by atoms with van der Waals surface area (Å²) in [6, 6.07) is 4.87. The first-order valence-electron chi connectivity index (χ1n) is 3.97. The number of ether oxygens (including phenoxy) is 1. The summed E-state index contributed by atoms with van der Waals surface area (Å²) >= 11 is 7.87. The Bertz CT molecular complexity index is 437. The Morgan fingerprint density at radius 3 is 2.93 bits per heavy atom. The second-order valence-electron chi connectivity index (χ2n) is 2.62. The molecule has 0 aromatic heterocycles. The van der Waals surface area contributed by atoms with Gasteiger partial charge in [-0.3, -0.25) is 0 Å². The highest BCUT2D eigenvalue weighted by molar-refractivity contribution is 14.1. The summed E-state index contributed by atoms with van der Waals surface area (Å²) in [5.74, 6) is 3.24. The number of rotatable bonds is 2. The summed E-state index contributed by atoms with van der Waals surface area (Å²) in [7, 11) is 0. The third kappa shape index (κ3) is 3.98. The molecule has 0 unspecified atom stereocenters. The molecule has 78 valence electrons. The van der Waals surface area contributed by atoms with Crippen molar-refractivity contribution < 1.29 is 9.53 Å². The zero-order valence-corrected chi connectivity index (χ0v) is 10.5. The minimum Gasteiger partial charge on any atom is -0.410 e. The number of halogens is 2. The highest BCUT2D eigenvalue weighted by Gasteiger charge is 2.03. The zero-order chi connectivity index (χ0) is 11.3. The molecule has 0 radical (unpaired) electrons. The van der Waals surface area contributed by atoms with E-state index in [0.717, 1.165) is 5.56 Å². The normalized spacial score (nSPS) is 8.93. The number of amides is 1. The fourth-order valence-electron chi connectivity index (χ4n) is 0.995. The third-order valence-electron chi connectivity index (χ3n) is 1.58. The highest BCUT2D eigenvalue weighted by Crippen LogP contribution is 2.22. The molecule has 1 rings (SSSR count). The minimum atomic E-state index is -0.844. The standard InChI is InChI=1S/C10H7ClINO2/c11-9-4-3-8(15-10(13)14)6-7(9)2-1-5-12/h3-4,6H,2H2,(H2,13,14). The second-order valence-corrected chi connectivity index (χ2v) is 3.57. The molecule has 0 bridgehead atoms. The highest BCUT2D eigenvalue weighted by atomic mass is 127. The Labute approximate surface area is 106 Å². The van der Waals surface area contributed by atoms with E-state index in [9.17, 15) is 4.79 Å². The molecule has 0 spiro atoms. The van der Waals surface area contributed by atoms with Crippen LogP contribution in [-0.4, -0.2) is 6.09 Å². The second kappa shape index (κ2) is 5.83. The van der Waals surface area contributed by atoms with E-state index in [1.807, 2.05) is 22.6 Å². The van der Waals surface area contributed by atoms with E-state index < -0.39 is 6.09 Å². The molecule has 0 saturated carbocycles. The number of nitrogens with two attached hydrogens (primary N) is 1. The van der Waals surface area contributed by atoms with Crippen molar-refractivity contribution in [1.29, 1.82) is 0 Å². The molecule has 0 aliphatic rings. The van der Waals surface area contributed by atoms with Gasteiger partial charge in [-0.1, -0.05) is 17.5 Å². The molecular weight excluding hydrogens is 328 g/mol. The van der Waals surface area contributed by atoms with Crippen molar-refractivity contribution in [3.8, 4) is 15.6 Å². The van der Waals surface area contributed by atoms with E-state index >= 15 is 0 Å². The molecule has 0 aliphatic carbocycles. The Morgan fingerprint density at radius 2 is 2.33 bits per heavy atom. The first-order chi connectivity index (χ1) is 7.13. The first kappa shape index (κ1) is 12.1. The van der Waals surface area contributed by atoms with Crippen molar-refractivity contribution in [2.24, 2.45) is 5.73 Å². The molecule has 1 aromatic carbocycles. The average Bonchev–Trinajstić information content (AvgIpc) is 2.18. The lowest BCUT2D eigenvalue weighted by Crippen LogP contribution is -2.16. The van der Waals surface area contributed by atoms with Crippen LogP contribution in [0, 0.1) is 9.85 Å². The first-order valence-corrected chi connectivity index (χ1v) is 5.43. The Hall–Kier alpha value is -0.930. The van der Waals surface area contributed by atoms with Gasteiger partial charge in [0.2, 0.25) is 0 Å². The van der Waals surface area contributed by atoms with Gasteiger partial charge in [0.1, 0.15) is 5.75 Å². The van der Waals surface area contributed by atoms with Crippen molar-refractivity contribution >= 4 is 40.3 Å². The van der Waals surface area contributed by atoms with Crippen LogP contribution in [0.2, 0.25) is 5.02 Å². The van der Waals surface area contributed by atoms with Crippen LogP contribution >= 0.6 is 34.2 Å². The van der Waals surface area contributed by atoms with Crippen molar-refractivity contribution in [2.75, 3.05) is 0 Å². The molecule has 0 saturated heterocycles. The van der Waals surface area contributed by atoms with Crippen LogP contribution in [0.3, 0.4) is 0 Å². The third-order valence-corrected chi connectivity index (χ3v) is 2.33. The number of hydrogen-bond acceptors (Lipinski definition) is 2.